The number of rotatable bonds is 4. The molecule has 0 saturated carbocycles. The van der Waals surface area contributed by atoms with E-state index in [9.17, 15) is 4.79 Å². The molecular formula is C10H10N3O3+. The molecule has 6 heteroatoms. The smallest absolute Gasteiger partial charge is 0.309 e. The van der Waals surface area contributed by atoms with E-state index in [0.717, 1.165) is 5.56 Å². The molecule has 2 rings (SSSR count). The lowest BCUT2D eigenvalue weighted by Crippen LogP contribution is -2.38. The van der Waals surface area contributed by atoms with E-state index >= 15 is 0 Å². The summed E-state index contributed by atoms with van der Waals surface area (Å²) in [5.74, 6) is -0.202. The minimum Gasteiger partial charge on any atom is -0.481 e. The van der Waals surface area contributed by atoms with Crippen molar-refractivity contribution < 1.29 is 19.1 Å². The van der Waals surface area contributed by atoms with E-state index in [-0.39, 0.29) is 6.42 Å². The van der Waals surface area contributed by atoms with Gasteiger partial charge in [0.2, 0.25) is 0 Å². The summed E-state index contributed by atoms with van der Waals surface area (Å²) in [5.41, 5.74) is 0.809. The Hall–Kier alpha value is -2.24. The predicted molar refractivity (Wildman–Crippen MR) is 52.2 cm³/mol. The zero-order valence-corrected chi connectivity index (χ0v) is 8.41. The van der Waals surface area contributed by atoms with Crippen molar-refractivity contribution in [3.8, 4) is 11.3 Å². The van der Waals surface area contributed by atoms with Crippen LogP contribution in [0.2, 0.25) is 0 Å². The van der Waals surface area contributed by atoms with Crippen molar-refractivity contribution in [2.75, 3.05) is 0 Å². The fourth-order valence-electron chi connectivity index (χ4n) is 1.24. The van der Waals surface area contributed by atoms with Gasteiger partial charge in [0.15, 0.2) is 18.5 Å². The van der Waals surface area contributed by atoms with Gasteiger partial charge in [0, 0.05) is 12.1 Å². The first-order valence-electron chi connectivity index (χ1n) is 4.74. The van der Waals surface area contributed by atoms with Crippen molar-refractivity contribution in [2.24, 2.45) is 0 Å². The minimum absolute atomic E-state index is 0.0549. The largest absolute Gasteiger partial charge is 0.481 e. The molecule has 0 aromatic carbocycles. The van der Waals surface area contributed by atoms with Gasteiger partial charge in [-0.1, -0.05) is 9.84 Å². The summed E-state index contributed by atoms with van der Waals surface area (Å²) >= 11 is 0. The van der Waals surface area contributed by atoms with Crippen LogP contribution in [0.1, 0.15) is 6.42 Å². The van der Waals surface area contributed by atoms with Crippen LogP contribution >= 0.6 is 0 Å². The molecule has 0 amide bonds. The third-order valence-electron chi connectivity index (χ3n) is 2.05. The van der Waals surface area contributed by atoms with Crippen LogP contribution in [-0.2, 0) is 11.3 Å². The van der Waals surface area contributed by atoms with Gasteiger partial charge in [-0.05, 0) is 5.10 Å². The molecule has 82 valence electrons. The van der Waals surface area contributed by atoms with Crippen molar-refractivity contribution in [2.45, 2.75) is 13.0 Å². The van der Waals surface area contributed by atoms with Crippen molar-refractivity contribution >= 4 is 5.97 Å². The van der Waals surface area contributed by atoms with Gasteiger partial charge in [-0.3, -0.25) is 4.79 Å². The van der Waals surface area contributed by atoms with E-state index in [1.54, 1.807) is 35.4 Å². The van der Waals surface area contributed by atoms with Gasteiger partial charge < -0.3 is 9.63 Å². The fraction of sp³-hybridized carbons (Fsp3) is 0.200. The van der Waals surface area contributed by atoms with Crippen LogP contribution in [0.3, 0.4) is 0 Å². The molecule has 2 aromatic rings. The van der Waals surface area contributed by atoms with Crippen molar-refractivity contribution in [1.29, 1.82) is 0 Å². The van der Waals surface area contributed by atoms with Gasteiger partial charge in [0.1, 0.15) is 12.6 Å². The Morgan fingerprint density at radius 2 is 2.38 bits per heavy atom. The summed E-state index contributed by atoms with van der Waals surface area (Å²) in [6.45, 7) is 0.353. The maximum atomic E-state index is 10.4. The molecule has 0 bridgehead atoms. The molecule has 0 spiro atoms. The Labute approximate surface area is 91.1 Å². The number of hydrogen-bond donors (Lipinski definition) is 1. The molecule has 0 aliphatic heterocycles. The zero-order valence-electron chi connectivity index (χ0n) is 8.41. The van der Waals surface area contributed by atoms with Crippen LogP contribution in [0.5, 0.6) is 0 Å². The monoisotopic (exact) mass is 220 g/mol. The molecule has 2 heterocycles. The quantitative estimate of drug-likeness (QED) is 0.759. The Kier molecular flexibility index (Phi) is 2.90. The topological polar surface area (TPSA) is 80.1 Å². The van der Waals surface area contributed by atoms with Crippen molar-refractivity contribution in [3.05, 3.63) is 30.7 Å². The molecule has 2 aromatic heterocycles. The number of hydrogen-bond acceptors (Lipinski definition) is 4. The first-order valence-corrected chi connectivity index (χ1v) is 4.74. The maximum Gasteiger partial charge on any atom is 0.309 e. The molecule has 6 nitrogen and oxygen atoms in total. The number of aliphatic carboxylic acids is 1. The second kappa shape index (κ2) is 4.52. The first kappa shape index (κ1) is 10.3. The number of aryl methyl sites for hydroxylation is 1. The predicted octanol–water partition coefficient (Wildman–Crippen LogP) is 0.499. The summed E-state index contributed by atoms with van der Waals surface area (Å²) < 4.78 is 6.53. The minimum atomic E-state index is -0.839. The fourth-order valence-corrected chi connectivity index (χ4v) is 1.24. The molecule has 0 atom stereocenters. The van der Waals surface area contributed by atoms with Crippen molar-refractivity contribution in [1.82, 2.24) is 10.3 Å². The molecule has 1 N–H and O–H groups in total. The van der Waals surface area contributed by atoms with E-state index in [2.05, 4.69) is 10.3 Å². The highest BCUT2D eigenvalue weighted by Gasteiger charge is 2.08. The van der Waals surface area contributed by atoms with Crippen LogP contribution in [-0.4, -0.2) is 21.3 Å². The lowest BCUT2D eigenvalue weighted by molar-refractivity contribution is -0.752. The molecule has 16 heavy (non-hydrogen) atoms. The van der Waals surface area contributed by atoms with E-state index in [4.69, 9.17) is 9.63 Å². The van der Waals surface area contributed by atoms with E-state index in [1.807, 2.05) is 0 Å². The van der Waals surface area contributed by atoms with Crippen molar-refractivity contribution in [3.63, 3.8) is 0 Å². The Balaban J connectivity index is 2.08. The zero-order chi connectivity index (χ0) is 11.4. The molecule has 0 fully saturated rings. The van der Waals surface area contributed by atoms with Crippen LogP contribution < -0.4 is 4.68 Å². The number of aromatic nitrogens is 3. The highest BCUT2D eigenvalue weighted by atomic mass is 16.5. The molecule has 0 aliphatic carbocycles. The summed E-state index contributed by atoms with van der Waals surface area (Å²) in [7, 11) is 0. The second-order valence-corrected chi connectivity index (χ2v) is 3.20. The lowest BCUT2D eigenvalue weighted by Gasteiger charge is -1.93. The molecule has 0 radical (unpaired) electrons. The SMILES string of the molecule is O=C(O)CC[n+]1ccc(-c2ccno2)cn1. The molecule has 0 unspecified atom stereocenters. The Morgan fingerprint density at radius 3 is 2.94 bits per heavy atom. The van der Waals surface area contributed by atoms with Crippen LogP contribution in [0.25, 0.3) is 11.3 Å². The second-order valence-electron chi connectivity index (χ2n) is 3.20. The Morgan fingerprint density at radius 1 is 1.50 bits per heavy atom. The van der Waals surface area contributed by atoms with Gasteiger partial charge in [0.25, 0.3) is 0 Å². The average molecular weight is 220 g/mol. The summed E-state index contributed by atoms with van der Waals surface area (Å²) in [4.78, 5) is 10.4. The number of carboxylic acid groups (broad SMARTS) is 1. The van der Waals surface area contributed by atoms with E-state index < -0.39 is 5.97 Å². The third-order valence-corrected chi connectivity index (χ3v) is 2.05. The Bertz CT molecular complexity index is 465. The molecule has 0 saturated heterocycles. The van der Waals surface area contributed by atoms with Gasteiger partial charge in [-0.2, -0.15) is 0 Å². The molecular weight excluding hydrogens is 210 g/mol. The standard InChI is InChI=1S/C10H9N3O3/c14-10(15)3-6-13-5-2-8(7-11-13)9-1-4-12-16-9/h1-2,4-5,7H,3,6H2/p+1. The average Bonchev–Trinajstić information content (AvgIpc) is 2.80. The number of nitrogens with zero attached hydrogens (tertiary/aromatic N) is 3. The summed E-state index contributed by atoms with van der Waals surface area (Å²) in [6.07, 6.45) is 4.93. The normalized spacial score (nSPS) is 10.2. The van der Waals surface area contributed by atoms with Gasteiger partial charge in [0.05, 0.1) is 11.8 Å². The number of carboxylic acids is 1. The summed E-state index contributed by atoms with van der Waals surface area (Å²) in [6, 6.07) is 3.54. The van der Waals surface area contributed by atoms with Crippen LogP contribution in [0.15, 0.2) is 35.2 Å². The van der Waals surface area contributed by atoms with Crippen LogP contribution in [0, 0.1) is 0 Å². The maximum absolute atomic E-state index is 10.4. The lowest BCUT2D eigenvalue weighted by atomic mass is 10.2. The molecule has 0 aliphatic rings. The third kappa shape index (κ3) is 2.41. The van der Waals surface area contributed by atoms with E-state index in [1.165, 1.54) is 0 Å². The van der Waals surface area contributed by atoms with Crippen LogP contribution in [0.4, 0.5) is 0 Å². The van der Waals surface area contributed by atoms with Gasteiger partial charge in [-0.15, -0.1) is 0 Å². The summed E-state index contributed by atoms with van der Waals surface area (Å²) in [5, 5.41) is 16.2. The highest BCUT2D eigenvalue weighted by molar-refractivity contribution is 5.66. The first-order chi connectivity index (χ1) is 7.75. The van der Waals surface area contributed by atoms with Gasteiger partial charge in [-0.25, -0.2) is 0 Å². The van der Waals surface area contributed by atoms with E-state index in [0.29, 0.717) is 12.3 Å². The van der Waals surface area contributed by atoms with Gasteiger partial charge >= 0.3 is 5.97 Å². The number of carbonyl (C=O) groups is 1. The highest BCUT2D eigenvalue weighted by Crippen LogP contribution is 2.14.